The van der Waals surface area contributed by atoms with Crippen molar-refractivity contribution in [3.8, 4) is 11.5 Å². The van der Waals surface area contributed by atoms with Crippen molar-refractivity contribution in [1.82, 2.24) is 5.32 Å². The van der Waals surface area contributed by atoms with E-state index in [1.165, 1.54) is 13.2 Å². The van der Waals surface area contributed by atoms with E-state index in [-0.39, 0.29) is 49.1 Å². The average Bonchev–Trinajstić information content (AvgIpc) is 3.81. The fraction of sp³-hybridized carbons (Fsp3) is 0.448. The maximum Gasteiger partial charge on any atom is 0.251 e. The summed E-state index contributed by atoms with van der Waals surface area (Å²) in [6, 6.07) is 9.40. The molecule has 210 valence electrons. The van der Waals surface area contributed by atoms with E-state index in [2.05, 4.69) is 11.4 Å². The lowest BCUT2D eigenvalue weighted by Crippen LogP contribution is -2.42. The van der Waals surface area contributed by atoms with Crippen LogP contribution < -0.4 is 20.5 Å². The number of aliphatic imine (C=N–C) groups is 1. The third kappa shape index (κ3) is 6.61. The summed E-state index contributed by atoms with van der Waals surface area (Å²) < 4.78 is 24.7. The Morgan fingerprint density at radius 2 is 2.00 bits per heavy atom. The second-order valence-electron chi connectivity index (χ2n) is 9.96. The van der Waals surface area contributed by atoms with Crippen LogP contribution in [0.2, 0.25) is 5.02 Å². The minimum atomic E-state index is -0.596. The molecule has 0 radical (unpaired) electrons. The van der Waals surface area contributed by atoms with Crippen LogP contribution in [0, 0.1) is 23.1 Å². The van der Waals surface area contributed by atoms with Crippen LogP contribution in [0.15, 0.2) is 53.2 Å². The quantitative estimate of drug-likeness (QED) is 0.296. The number of benzene rings is 2. The van der Waals surface area contributed by atoms with E-state index >= 15 is 0 Å². The summed E-state index contributed by atoms with van der Waals surface area (Å²) in [5.74, 6) is 0.249. The number of amides is 1. The number of ether oxygens (including phenoxy) is 2. The summed E-state index contributed by atoms with van der Waals surface area (Å²) in [4.78, 5) is 18.3. The van der Waals surface area contributed by atoms with Gasteiger partial charge in [-0.15, -0.1) is 0 Å². The summed E-state index contributed by atoms with van der Waals surface area (Å²) in [5.41, 5.74) is 8.14. The molecule has 1 saturated carbocycles. The highest BCUT2D eigenvalue weighted by Gasteiger charge is 2.48. The second-order valence-corrected chi connectivity index (χ2v) is 10.4. The van der Waals surface area contributed by atoms with Crippen LogP contribution in [0.4, 0.5) is 4.39 Å². The Labute approximate surface area is 232 Å². The number of carbonyl (C=O) groups is 1. The molecule has 0 saturated heterocycles. The molecule has 8 nitrogen and oxygen atoms in total. The predicted octanol–water partition coefficient (Wildman–Crippen LogP) is 3.72. The van der Waals surface area contributed by atoms with Crippen molar-refractivity contribution in [3.63, 3.8) is 0 Å². The van der Waals surface area contributed by atoms with Crippen molar-refractivity contribution in [2.45, 2.75) is 25.7 Å². The van der Waals surface area contributed by atoms with Gasteiger partial charge in [-0.3, -0.25) is 9.79 Å². The van der Waals surface area contributed by atoms with E-state index in [1.807, 2.05) is 0 Å². The summed E-state index contributed by atoms with van der Waals surface area (Å²) >= 11 is 6.06. The number of carbonyl (C=O) groups excluding carboxylic acids is 1. The lowest BCUT2D eigenvalue weighted by Gasteiger charge is -2.37. The lowest BCUT2D eigenvalue weighted by molar-refractivity contribution is 0.0918. The molecule has 1 heterocycles. The van der Waals surface area contributed by atoms with Gasteiger partial charge in [0, 0.05) is 35.5 Å². The molecule has 5 N–H and O–H groups in total. The van der Waals surface area contributed by atoms with E-state index in [0.717, 1.165) is 29.8 Å². The summed E-state index contributed by atoms with van der Waals surface area (Å²) in [7, 11) is 1.48. The molecule has 2 aromatic carbocycles. The Kier molecular flexibility index (Phi) is 9.61. The minimum absolute atomic E-state index is 0.000394. The Balaban J connectivity index is 1.63. The maximum absolute atomic E-state index is 13.8. The fourth-order valence-electron chi connectivity index (χ4n) is 5.17. The van der Waals surface area contributed by atoms with Crippen molar-refractivity contribution >= 4 is 23.2 Å². The number of aliphatic hydroxyl groups is 2. The van der Waals surface area contributed by atoms with Gasteiger partial charge in [0.05, 0.1) is 18.7 Å². The summed E-state index contributed by atoms with van der Waals surface area (Å²) in [5, 5.41) is 22.2. The predicted molar refractivity (Wildman–Crippen MR) is 148 cm³/mol. The highest BCUT2D eigenvalue weighted by Crippen LogP contribution is 2.53. The number of hydrogen-bond acceptors (Lipinski definition) is 7. The highest BCUT2D eigenvalue weighted by atomic mass is 35.5. The molecule has 0 spiro atoms. The van der Waals surface area contributed by atoms with Crippen LogP contribution in [0.25, 0.3) is 0 Å². The standard InChI is InChI=1S/C29H35ClFN3O5/c1-38-26-15-20(3-7-25(26)39-11-10-36)28(37)33-17-29(8-9-35,21-4-5-21)27-13-18(16-32)12-24(34-27)19-2-6-23(31)22(30)14-19/h2-3,6-7,13-15,18,21,35-36H,4-5,8-12,16-17,32H2,1H3,(H,33,37). The van der Waals surface area contributed by atoms with Gasteiger partial charge in [0.2, 0.25) is 0 Å². The van der Waals surface area contributed by atoms with Crippen LogP contribution in [0.5, 0.6) is 11.5 Å². The number of nitrogens with two attached hydrogens (primary N) is 1. The van der Waals surface area contributed by atoms with Gasteiger partial charge in [-0.25, -0.2) is 4.39 Å². The Morgan fingerprint density at radius 1 is 1.21 bits per heavy atom. The summed E-state index contributed by atoms with van der Waals surface area (Å²) in [6.07, 6.45) is 4.97. The van der Waals surface area contributed by atoms with Crippen LogP contribution in [0.1, 0.15) is 41.6 Å². The SMILES string of the molecule is COc1cc(C(=O)NCC(CCO)(C2=CC(CN)CC(c3ccc(F)c(Cl)c3)=N2)C2CC2)ccc1OCCO. The monoisotopic (exact) mass is 559 g/mol. The minimum Gasteiger partial charge on any atom is -0.493 e. The van der Waals surface area contributed by atoms with Crippen molar-refractivity contribution in [2.24, 2.45) is 28.0 Å². The fourth-order valence-corrected chi connectivity index (χ4v) is 5.35. The van der Waals surface area contributed by atoms with E-state index in [4.69, 9.17) is 36.9 Å². The van der Waals surface area contributed by atoms with E-state index in [0.29, 0.717) is 36.4 Å². The molecular formula is C29H35ClFN3O5. The number of nitrogens with zero attached hydrogens (tertiary/aromatic N) is 1. The number of rotatable bonds is 13. The Morgan fingerprint density at radius 3 is 2.64 bits per heavy atom. The van der Waals surface area contributed by atoms with Gasteiger partial charge in [0.25, 0.3) is 5.91 Å². The van der Waals surface area contributed by atoms with E-state index < -0.39 is 11.2 Å². The number of aliphatic hydroxyl groups excluding tert-OH is 2. The number of halogens is 2. The third-order valence-electron chi connectivity index (χ3n) is 7.43. The second kappa shape index (κ2) is 12.9. The van der Waals surface area contributed by atoms with Crippen LogP contribution in [-0.4, -0.2) is 61.9 Å². The van der Waals surface area contributed by atoms with Gasteiger partial charge in [-0.1, -0.05) is 23.7 Å². The number of hydrogen-bond donors (Lipinski definition) is 4. The lowest BCUT2D eigenvalue weighted by atomic mass is 9.74. The Bertz CT molecular complexity index is 1250. The first-order valence-corrected chi connectivity index (χ1v) is 13.5. The molecule has 2 atom stereocenters. The molecule has 10 heteroatoms. The zero-order valence-electron chi connectivity index (χ0n) is 22.0. The van der Waals surface area contributed by atoms with E-state index in [9.17, 15) is 14.3 Å². The van der Waals surface area contributed by atoms with Crippen molar-refractivity contribution < 1.29 is 28.9 Å². The molecule has 4 rings (SSSR count). The zero-order chi connectivity index (χ0) is 28.0. The van der Waals surface area contributed by atoms with Crippen molar-refractivity contribution in [2.75, 3.05) is 40.0 Å². The topological polar surface area (TPSA) is 126 Å². The summed E-state index contributed by atoms with van der Waals surface area (Å²) in [6.45, 7) is 0.562. The Hall–Kier alpha value is -2.98. The third-order valence-corrected chi connectivity index (χ3v) is 7.72. The molecule has 1 amide bonds. The normalized spacial score (nSPS) is 18.6. The molecule has 2 aromatic rings. The molecule has 2 unspecified atom stereocenters. The molecule has 0 bridgehead atoms. The van der Waals surface area contributed by atoms with E-state index in [1.54, 1.807) is 30.3 Å². The first-order valence-electron chi connectivity index (χ1n) is 13.1. The number of nitrogens with one attached hydrogen (secondary N) is 1. The first-order chi connectivity index (χ1) is 18.8. The molecule has 1 aliphatic heterocycles. The smallest absolute Gasteiger partial charge is 0.251 e. The van der Waals surface area contributed by atoms with Crippen molar-refractivity contribution in [3.05, 3.63) is 70.1 Å². The van der Waals surface area contributed by atoms with Crippen LogP contribution in [-0.2, 0) is 0 Å². The first kappa shape index (κ1) is 29.0. The zero-order valence-corrected chi connectivity index (χ0v) is 22.7. The molecule has 1 fully saturated rings. The number of methoxy groups -OCH3 is 1. The van der Waals surface area contributed by atoms with Gasteiger partial charge in [0.1, 0.15) is 12.4 Å². The van der Waals surface area contributed by atoms with Gasteiger partial charge in [-0.05, 0) is 80.0 Å². The van der Waals surface area contributed by atoms with Gasteiger partial charge in [-0.2, -0.15) is 0 Å². The largest absolute Gasteiger partial charge is 0.493 e. The van der Waals surface area contributed by atoms with Gasteiger partial charge >= 0.3 is 0 Å². The maximum atomic E-state index is 13.8. The molecule has 39 heavy (non-hydrogen) atoms. The highest BCUT2D eigenvalue weighted by molar-refractivity contribution is 6.31. The van der Waals surface area contributed by atoms with Crippen molar-refractivity contribution in [1.29, 1.82) is 0 Å². The van der Waals surface area contributed by atoms with Crippen LogP contribution >= 0.6 is 11.6 Å². The molecule has 1 aliphatic carbocycles. The molecule has 2 aliphatic rings. The van der Waals surface area contributed by atoms with Crippen LogP contribution in [0.3, 0.4) is 0 Å². The van der Waals surface area contributed by atoms with Gasteiger partial charge in [0.15, 0.2) is 11.5 Å². The molecular weight excluding hydrogens is 525 g/mol. The average molecular weight is 560 g/mol. The van der Waals surface area contributed by atoms with Gasteiger partial charge < -0.3 is 30.7 Å². The molecule has 0 aromatic heterocycles.